The smallest absolute Gasteiger partial charge is 0.239 e. The van der Waals surface area contributed by atoms with Crippen LogP contribution >= 0.6 is 0 Å². The van der Waals surface area contributed by atoms with E-state index in [-0.39, 0.29) is 5.91 Å². The molecule has 1 atom stereocenters. The van der Waals surface area contributed by atoms with Crippen LogP contribution in [0.4, 0.5) is 5.69 Å². The molecule has 0 unspecified atom stereocenters. The van der Waals surface area contributed by atoms with E-state index in [1.807, 2.05) is 24.3 Å². The monoisotopic (exact) mass is 207 g/mol. The molecule has 1 amide bonds. The Balaban J connectivity index is 2.62. The van der Waals surface area contributed by atoms with Gasteiger partial charge >= 0.3 is 0 Å². The van der Waals surface area contributed by atoms with Gasteiger partial charge in [-0.3, -0.25) is 4.79 Å². The molecule has 0 saturated carbocycles. The van der Waals surface area contributed by atoms with Crippen LogP contribution in [0, 0.1) is 0 Å². The van der Waals surface area contributed by atoms with Crippen molar-refractivity contribution in [3.8, 4) is 0 Å². The Morgan fingerprint density at radius 3 is 2.33 bits per heavy atom. The third-order valence-corrected chi connectivity index (χ3v) is 2.19. The Labute approximate surface area is 89.9 Å². The molecule has 0 aromatic heterocycles. The van der Waals surface area contributed by atoms with Crippen LogP contribution < -0.4 is 11.5 Å². The van der Waals surface area contributed by atoms with E-state index in [1.165, 1.54) is 4.90 Å². The summed E-state index contributed by atoms with van der Waals surface area (Å²) in [7, 11) is 3.40. The van der Waals surface area contributed by atoms with Gasteiger partial charge in [0.1, 0.15) is 0 Å². The number of carbonyl (C=O) groups is 1. The van der Waals surface area contributed by atoms with E-state index in [2.05, 4.69) is 0 Å². The van der Waals surface area contributed by atoms with Gasteiger partial charge < -0.3 is 16.4 Å². The van der Waals surface area contributed by atoms with Crippen molar-refractivity contribution in [2.75, 3.05) is 19.8 Å². The fourth-order valence-electron chi connectivity index (χ4n) is 1.33. The number of amides is 1. The average Bonchev–Trinajstić information content (AvgIpc) is 2.20. The highest BCUT2D eigenvalue weighted by atomic mass is 16.2. The van der Waals surface area contributed by atoms with Crippen LogP contribution in [0.15, 0.2) is 24.3 Å². The maximum absolute atomic E-state index is 11.5. The minimum absolute atomic E-state index is 0.0631. The van der Waals surface area contributed by atoms with E-state index in [0.29, 0.717) is 12.1 Å². The number of nitrogen functional groups attached to an aromatic ring is 1. The van der Waals surface area contributed by atoms with Gasteiger partial charge in [0.25, 0.3) is 0 Å². The van der Waals surface area contributed by atoms with Crippen molar-refractivity contribution in [3.05, 3.63) is 29.8 Å². The third kappa shape index (κ3) is 3.25. The van der Waals surface area contributed by atoms with Crippen molar-refractivity contribution in [2.24, 2.45) is 5.73 Å². The predicted octanol–water partition coefficient (Wildman–Crippen LogP) is 0.227. The SMILES string of the molecule is CN(C)C(=O)[C@@H](N)Cc1ccc(N)cc1. The van der Waals surface area contributed by atoms with Crippen LogP contribution in [-0.2, 0) is 11.2 Å². The number of anilines is 1. The summed E-state index contributed by atoms with van der Waals surface area (Å²) < 4.78 is 0. The molecule has 4 N–H and O–H groups in total. The number of likely N-dealkylation sites (N-methyl/N-ethyl adjacent to an activating group) is 1. The topological polar surface area (TPSA) is 72.3 Å². The summed E-state index contributed by atoms with van der Waals surface area (Å²) in [6.45, 7) is 0. The fourth-order valence-corrected chi connectivity index (χ4v) is 1.33. The minimum atomic E-state index is -0.483. The minimum Gasteiger partial charge on any atom is -0.399 e. The predicted molar refractivity (Wildman–Crippen MR) is 61.2 cm³/mol. The van der Waals surface area contributed by atoms with Gasteiger partial charge in [0.05, 0.1) is 6.04 Å². The summed E-state index contributed by atoms with van der Waals surface area (Å²) in [5.74, 6) is -0.0631. The first-order chi connectivity index (χ1) is 7.00. The summed E-state index contributed by atoms with van der Waals surface area (Å²) in [5.41, 5.74) is 13.1. The molecule has 0 aliphatic heterocycles. The van der Waals surface area contributed by atoms with E-state index in [4.69, 9.17) is 11.5 Å². The van der Waals surface area contributed by atoms with Gasteiger partial charge in [0.2, 0.25) is 5.91 Å². The zero-order valence-corrected chi connectivity index (χ0v) is 9.10. The number of carbonyl (C=O) groups excluding carboxylic acids is 1. The lowest BCUT2D eigenvalue weighted by atomic mass is 10.1. The normalized spacial score (nSPS) is 12.2. The maximum Gasteiger partial charge on any atom is 0.239 e. The van der Waals surface area contributed by atoms with E-state index in [9.17, 15) is 4.79 Å². The van der Waals surface area contributed by atoms with Crippen LogP contribution in [0.25, 0.3) is 0 Å². The van der Waals surface area contributed by atoms with Gasteiger partial charge in [0.15, 0.2) is 0 Å². The second kappa shape index (κ2) is 4.79. The number of rotatable bonds is 3. The molecule has 1 aromatic rings. The van der Waals surface area contributed by atoms with Crippen molar-refractivity contribution in [2.45, 2.75) is 12.5 Å². The Bertz CT molecular complexity index is 332. The lowest BCUT2D eigenvalue weighted by Crippen LogP contribution is -2.41. The number of nitrogens with two attached hydrogens (primary N) is 2. The molecule has 82 valence electrons. The van der Waals surface area contributed by atoms with E-state index < -0.39 is 6.04 Å². The van der Waals surface area contributed by atoms with E-state index in [1.54, 1.807) is 14.1 Å². The number of benzene rings is 1. The zero-order chi connectivity index (χ0) is 11.4. The van der Waals surface area contributed by atoms with Gasteiger partial charge in [0, 0.05) is 19.8 Å². The molecule has 15 heavy (non-hydrogen) atoms. The summed E-state index contributed by atoms with van der Waals surface area (Å²) in [4.78, 5) is 13.0. The molecule has 0 spiro atoms. The molecule has 1 rings (SSSR count). The molecule has 0 radical (unpaired) electrons. The Hall–Kier alpha value is -1.55. The standard InChI is InChI=1S/C11H17N3O/c1-14(2)11(15)10(13)7-8-3-5-9(12)6-4-8/h3-6,10H,7,12-13H2,1-2H3/t10-/m0/s1. The highest BCUT2D eigenvalue weighted by Gasteiger charge is 2.15. The quantitative estimate of drug-likeness (QED) is 0.697. The lowest BCUT2D eigenvalue weighted by Gasteiger charge is -2.16. The van der Waals surface area contributed by atoms with Crippen molar-refractivity contribution in [1.29, 1.82) is 0 Å². The molecule has 0 saturated heterocycles. The van der Waals surface area contributed by atoms with Crippen molar-refractivity contribution in [3.63, 3.8) is 0 Å². The number of hydrogen-bond acceptors (Lipinski definition) is 3. The summed E-state index contributed by atoms with van der Waals surface area (Å²) in [6, 6.07) is 6.91. The van der Waals surface area contributed by atoms with Gasteiger partial charge in [-0.25, -0.2) is 0 Å². The van der Waals surface area contributed by atoms with Crippen LogP contribution in [0.5, 0.6) is 0 Å². The molecule has 4 heteroatoms. The second-order valence-corrected chi connectivity index (χ2v) is 3.78. The average molecular weight is 207 g/mol. The lowest BCUT2D eigenvalue weighted by molar-refractivity contribution is -0.130. The summed E-state index contributed by atoms with van der Waals surface area (Å²) >= 11 is 0. The first-order valence-electron chi connectivity index (χ1n) is 4.82. The van der Waals surface area contributed by atoms with E-state index >= 15 is 0 Å². The second-order valence-electron chi connectivity index (χ2n) is 3.78. The van der Waals surface area contributed by atoms with Crippen molar-refractivity contribution in [1.82, 2.24) is 4.90 Å². The van der Waals surface area contributed by atoms with Gasteiger partial charge in [-0.05, 0) is 24.1 Å². The first kappa shape index (κ1) is 11.5. The van der Waals surface area contributed by atoms with Crippen LogP contribution in [-0.4, -0.2) is 30.9 Å². The van der Waals surface area contributed by atoms with Crippen molar-refractivity contribution < 1.29 is 4.79 Å². The van der Waals surface area contributed by atoms with Gasteiger partial charge in [-0.15, -0.1) is 0 Å². The van der Waals surface area contributed by atoms with Crippen molar-refractivity contribution >= 4 is 11.6 Å². The number of hydrogen-bond donors (Lipinski definition) is 2. The summed E-state index contributed by atoms with van der Waals surface area (Å²) in [6.07, 6.45) is 0.539. The summed E-state index contributed by atoms with van der Waals surface area (Å²) in [5, 5.41) is 0. The first-order valence-corrected chi connectivity index (χ1v) is 4.82. The molecule has 0 aliphatic carbocycles. The third-order valence-electron chi connectivity index (χ3n) is 2.19. The van der Waals surface area contributed by atoms with Gasteiger partial charge in [-0.2, -0.15) is 0 Å². The highest BCUT2D eigenvalue weighted by Crippen LogP contribution is 2.07. The molecule has 1 aromatic carbocycles. The molecule has 0 heterocycles. The largest absolute Gasteiger partial charge is 0.399 e. The maximum atomic E-state index is 11.5. The molecular weight excluding hydrogens is 190 g/mol. The zero-order valence-electron chi connectivity index (χ0n) is 9.10. The molecule has 4 nitrogen and oxygen atoms in total. The fraction of sp³-hybridized carbons (Fsp3) is 0.364. The Morgan fingerprint density at radius 1 is 1.33 bits per heavy atom. The van der Waals surface area contributed by atoms with Crippen LogP contribution in [0.1, 0.15) is 5.56 Å². The van der Waals surface area contributed by atoms with Crippen LogP contribution in [0.2, 0.25) is 0 Å². The molecule has 0 fully saturated rings. The Kier molecular flexibility index (Phi) is 3.68. The molecule has 0 aliphatic rings. The molecule has 0 bridgehead atoms. The Morgan fingerprint density at radius 2 is 1.87 bits per heavy atom. The molecular formula is C11H17N3O. The van der Waals surface area contributed by atoms with E-state index in [0.717, 1.165) is 5.56 Å². The highest BCUT2D eigenvalue weighted by molar-refractivity contribution is 5.81. The van der Waals surface area contributed by atoms with Crippen LogP contribution in [0.3, 0.4) is 0 Å². The van der Waals surface area contributed by atoms with Gasteiger partial charge in [-0.1, -0.05) is 12.1 Å². The number of nitrogens with zero attached hydrogens (tertiary/aromatic N) is 1.